The highest BCUT2D eigenvalue weighted by Crippen LogP contribution is 2.66. The van der Waals surface area contributed by atoms with E-state index in [2.05, 4.69) is 6.58 Å². The lowest BCUT2D eigenvalue weighted by Gasteiger charge is -2.50. The first-order valence-electron chi connectivity index (χ1n) is 12.8. The first kappa shape index (κ1) is 26.3. The molecule has 0 radical (unpaired) electrons. The van der Waals surface area contributed by atoms with Gasteiger partial charge in [0.05, 0.1) is 18.4 Å². The van der Waals surface area contributed by atoms with Gasteiger partial charge in [0, 0.05) is 23.4 Å². The number of rotatable bonds is 5. The van der Waals surface area contributed by atoms with Crippen LogP contribution in [0.4, 0.5) is 0 Å². The standard InChI is InChI=1S/C29H26Cl2N2O5S/c1-3-6-15-7-4-9-19(23(15)34)22-17-10-11-18-21(25(36)33(24(18)35)14-16-8-5-12-39-16)20(17)13-28(30)26(37)32(2)27(38)29(22,28)31/h3-5,7-10,12,18,20-22,34H,1,6,11,13-14H2,2H3. The van der Waals surface area contributed by atoms with Crippen LogP contribution in [0.3, 0.4) is 0 Å². The Labute approximate surface area is 239 Å². The van der Waals surface area contributed by atoms with Gasteiger partial charge in [-0.1, -0.05) is 42.0 Å². The quantitative estimate of drug-likeness (QED) is 0.320. The van der Waals surface area contributed by atoms with Gasteiger partial charge in [-0.15, -0.1) is 41.1 Å². The predicted octanol–water partition coefficient (Wildman–Crippen LogP) is 4.37. The molecule has 2 aromatic rings. The molecule has 1 N–H and O–H groups in total. The minimum absolute atomic E-state index is 0.0620. The number of imide groups is 2. The van der Waals surface area contributed by atoms with Crippen molar-refractivity contribution in [3.63, 3.8) is 0 Å². The van der Waals surface area contributed by atoms with E-state index in [4.69, 9.17) is 23.2 Å². The number of benzene rings is 1. The number of hydrogen-bond acceptors (Lipinski definition) is 6. The Balaban J connectivity index is 1.51. The Morgan fingerprint density at radius 1 is 1.10 bits per heavy atom. The summed E-state index contributed by atoms with van der Waals surface area (Å²) in [6.07, 6.45) is 4.10. The van der Waals surface area contributed by atoms with Crippen molar-refractivity contribution in [1.82, 2.24) is 9.80 Å². The average Bonchev–Trinajstić information content (AvgIpc) is 3.55. The van der Waals surface area contributed by atoms with E-state index in [9.17, 15) is 24.3 Å². The summed E-state index contributed by atoms with van der Waals surface area (Å²) in [7, 11) is 1.34. The molecule has 6 rings (SSSR count). The van der Waals surface area contributed by atoms with Gasteiger partial charge in [-0.3, -0.25) is 29.0 Å². The normalized spacial score (nSPS) is 33.7. The second-order valence-corrected chi connectivity index (χ2v) is 13.0. The number of carbonyl (C=O) groups is 4. The van der Waals surface area contributed by atoms with Crippen LogP contribution in [0.5, 0.6) is 5.75 Å². The summed E-state index contributed by atoms with van der Waals surface area (Å²) >= 11 is 15.8. The molecule has 1 saturated carbocycles. The Kier molecular flexibility index (Phi) is 6.10. The number of amides is 4. The van der Waals surface area contributed by atoms with Crippen molar-refractivity contribution in [3.8, 4) is 5.75 Å². The number of aromatic hydroxyl groups is 1. The third-order valence-corrected chi connectivity index (χ3v) is 11.1. The molecule has 3 heterocycles. The minimum atomic E-state index is -1.93. The maximum atomic E-state index is 13.9. The van der Waals surface area contributed by atoms with E-state index in [1.165, 1.54) is 23.3 Å². The number of likely N-dealkylation sites (tertiary alicyclic amines) is 2. The molecule has 202 valence electrons. The van der Waals surface area contributed by atoms with Crippen LogP contribution in [0, 0.1) is 17.8 Å². The molecular weight excluding hydrogens is 559 g/mol. The smallest absolute Gasteiger partial charge is 0.253 e. The van der Waals surface area contributed by atoms with Crippen molar-refractivity contribution in [2.24, 2.45) is 17.8 Å². The second-order valence-electron chi connectivity index (χ2n) is 10.7. The Bertz CT molecular complexity index is 1470. The van der Waals surface area contributed by atoms with E-state index in [0.29, 0.717) is 23.1 Å². The zero-order valence-electron chi connectivity index (χ0n) is 21.1. The highest BCUT2D eigenvalue weighted by molar-refractivity contribution is 7.09. The van der Waals surface area contributed by atoms with E-state index in [-0.39, 0.29) is 37.0 Å². The monoisotopic (exact) mass is 584 g/mol. The van der Waals surface area contributed by atoms with Crippen LogP contribution in [-0.2, 0) is 32.1 Å². The minimum Gasteiger partial charge on any atom is -0.507 e. The van der Waals surface area contributed by atoms with Crippen LogP contribution in [0.2, 0.25) is 0 Å². The number of phenols is 1. The number of hydrogen-bond donors (Lipinski definition) is 1. The largest absolute Gasteiger partial charge is 0.507 e. The van der Waals surface area contributed by atoms with Crippen LogP contribution >= 0.6 is 34.5 Å². The highest BCUT2D eigenvalue weighted by Gasteiger charge is 2.76. The average molecular weight is 586 g/mol. The highest BCUT2D eigenvalue weighted by atomic mass is 35.5. The van der Waals surface area contributed by atoms with Gasteiger partial charge in [-0.25, -0.2) is 0 Å². The van der Waals surface area contributed by atoms with Gasteiger partial charge in [0.15, 0.2) is 9.75 Å². The maximum absolute atomic E-state index is 13.9. The summed E-state index contributed by atoms with van der Waals surface area (Å²) in [5.41, 5.74) is 1.59. The lowest BCUT2D eigenvalue weighted by molar-refractivity contribution is -0.141. The van der Waals surface area contributed by atoms with Gasteiger partial charge < -0.3 is 5.11 Å². The van der Waals surface area contributed by atoms with Crippen molar-refractivity contribution >= 4 is 58.2 Å². The van der Waals surface area contributed by atoms with Crippen molar-refractivity contribution in [3.05, 3.63) is 76.0 Å². The van der Waals surface area contributed by atoms with Crippen LogP contribution in [0.1, 0.15) is 34.8 Å². The Morgan fingerprint density at radius 2 is 1.87 bits per heavy atom. The molecule has 1 aromatic heterocycles. The molecule has 2 saturated heterocycles. The lowest BCUT2D eigenvalue weighted by Crippen LogP contribution is -2.60. The summed E-state index contributed by atoms with van der Waals surface area (Å²) in [5.74, 6) is -4.88. The first-order chi connectivity index (χ1) is 18.6. The first-order valence-corrected chi connectivity index (χ1v) is 14.4. The molecule has 4 aliphatic rings. The SMILES string of the molecule is C=CCc1cccc(C2C3=CCC4C(=O)N(Cc5cccs5)C(=O)C4C3CC3(Cl)C(=O)N(C)C(=O)C23Cl)c1O. The van der Waals surface area contributed by atoms with Crippen LogP contribution in [0.25, 0.3) is 0 Å². The number of alkyl halides is 2. The van der Waals surface area contributed by atoms with E-state index >= 15 is 0 Å². The third kappa shape index (κ3) is 3.41. The molecule has 2 aliphatic carbocycles. The number of carbonyl (C=O) groups excluding carboxylic acids is 4. The van der Waals surface area contributed by atoms with E-state index in [1.54, 1.807) is 24.3 Å². The molecule has 0 spiro atoms. The van der Waals surface area contributed by atoms with Gasteiger partial charge >= 0.3 is 0 Å². The van der Waals surface area contributed by atoms with Crippen molar-refractivity contribution < 1.29 is 24.3 Å². The fourth-order valence-corrected chi connectivity index (χ4v) is 8.74. The molecule has 6 atom stereocenters. The number of para-hydroxylation sites is 1. The molecule has 0 bridgehead atoms. The molecular formula is C29H26Cl2N2O5S. The molecule has 4 amide bonds. The second kappa shape index (κ2) is 9.04. The predicted molar refractivity (Wildman–Crippen MR) is 147 cm³/mol. The molecule has 1 aromatic carbocycles. The van der Waals surface area contributed by atoms with Crippen molar-refractivity contribution in [2.75, 3.05) is 7.05 Å². The molecule has 3 fully saturated rings. The molecule has 7 nitrogen and oxygen atoms in total. The molecule has 2 aliphatic heterocycles. The van der Waals surface area contributed by atoms with E-state index < -0.39 is 45.2 Å². The van der Waals surface area contributed by atoms with E-state index in [1.807, 2.05) is 23.6 Å². The van der Waals surface area contributed by atoms with Crippen LogP contribution in [0.15, 0.2) is 60.0 Å². The number of thiophene rings is 1. The lowest BCUT2D eigenvalue weighted by atomic mass is 9.56. The number of phenolic OH excluding ortho intramolecular Hbond substituents is 1. The fourth-order valence-electron chi connectivity index (χ4n) is 7.03. The Morgan fingerprint density at radius 3 is 2.56 bits per heavy atom. The molecule has 6 unspecified atom stereocenters. The topological polar surface area (TPSA) is 95.0 Å². The zero-order valence-corrected chi connectivity index (χ0v) is 23.4. The number of nitrogens with zero attached hydrogens (tertiary/aromatic N) is 2. The molecule has 39 heavy (non-hydrogen) atoms. The zero-order chi connectivity index (χ0) is 27.9. The fraction of sp³-hybridized carbons (Fsp3) is 0.379. The van der Waals surface area contributed by atoms with Gasteiger partial charge in [-0.05, 0) is 42.2 Å². The summed E-state index contributed by atoms with van der Waals surface area (Å²) in [4.78, 5) is 53.8. The van der Waals surface area contributed by atoms with Gasteiger partial charge in [0.25, 0.3) is 11.8 Å². The Hall–Kier alpha value is -2.94. The number of halogens is 2. The number of allylic oxidation sites excluding steroid dienone is 3. The van der Waals surface area contributed by atoms with Crippen molar-refractivity contribution in [1.29, 1.82) is 0 Å². The van der Waals surface area contributed by atoms with E-state index in [0.717, 1.165) is 9.78 Å². The maximum Gasteiger partial charge on any atom is 0.253 e. The summed E-state index contributed by atoms with van der Waals surface area (Å²) in [6.45, 7) is 3.94. The van der Waals surface area contributed by atoms with Crippen molar-refractivity contribution in [2.45, 2.75) is 41.5 Å². The summed E-state index contributed by atoms with van der Waals surface area (Å²) < 4.78 is 0. The van der Waals surface area contributed by atoms with Crippen LogP contribution in [-0.4, -0.2) is 55.3 Å². The van der Waals surface area contributed by atoms with Crippen LogP contribution < -0.4 is 0 Å². The number of fused-ring (bicyclic) bond motifs is 4. The van der Waals surface area contributed by atoms with Gasteiger partial charge in [0.2, 0.25) is 11.8 Å². The summed E-state index contributed by atoms with van der Waals surface area (Å²) in [5, 5.41) is 13.2. The third-order valence-electron chi connectivity index (χ3n) is 8.83. The molecule has 10 heteroatoms. The van der Waals surface area contributed by atoms with Gasteiger partial charge in [-0.2, -0.15) is 0 Å². The van der Waals surface area contributed by atoms with Gasteiger partial charge in [0.1, 0.15) is 5.75 Å². The summed E-state index contributed by atoms with van der Waals surface area (Å²) in [6, 6.07) is 8.91.